The molecule has 1 aromatic carbocycles. The van der Waals surface area contributed by atoms with E-state index in [4.69, 9.17) is 14.2 Å². The maximum absolute atomic E-state index is 12.2. The maximum atomic E-state index is 12.2. The van der Waals surface area contributed by atoms with Gasteiger partial charge in [0.1, 0.15) is 5.54 Å². The summed E-state index contributed by atoms with van der Waals surface area (Å²) in [7, 11) is 4.79. The van der Waals surface area contributed by atoms with Gasteiger partial charge in [-0.15, -0.1) is 0 Å². The van der Waals surface area contributed by atoms with Crippen molar-refractivity contribution >= 4 is 11.9 Å². The van der Waals surface area contributed by atoms with E-state index in [0.717, 1.165) is 29.7 Å². The SMILES string of the molecule is COC1=C[C@@]23C(=CC1=O)CCN2C=Cc1cc(OC)c(OC)cc13. The molecule has 4 rings (SSSR count). The van der Waals surface area contributed by atoms with E-state index in [1.54, 1.807) is 20.3 Å². The van der Waals surface area contributed by atoms with Gasteiger partial charge in [0.15, 0.2) is 17.3 Å². The molecule has 0 N–H and O–H groups in total. The molecule has 5 nitrogen and oxygen atoms in total. The minimum absolute atomic E-state index is 0.0726. The smallest absolute Gasteiger partial charge is 0.220 e. The Hall–Kier alpha value is -2.69. The highest BCUT2D eigenvalue weighted by Crippen LogP contribution is 2.52. The fourth-order valence-electron chi connectivity index (χ4n) is 3.93. The Labute approximate surface area is 140 Å². The number of allylic oxidation sites excluding steroid dienone is 1. The van der Waals surface area contributed by atoms with Gasteiger partial charge in [0, 0.05) is 12.7 Å². The molecule has 0 aromatic heterocycles. The summed E-state index contributed by atoms with van der Waals surface area (Å²) in [5.74, 6) is 1.67. The van der Waals surface area contributed by atoms with Crippen LogP contribution in [0.4, 0.5) is 0 Å². The highest BCUT2D eigenvalue weighted by molar-refractivity contribution is 6.05. The summed E-state index contributed by atoms with van der Waals surface area (Å²) in [6.45, 7) is 0.858. The Morgan fingerprint density at radius 2 is 1.83 bits per heavy atom. The molecule has 124 valence electrons. The van der Waals surface area contributed by atoms with Gasteiger partial charge in [-0.05, 0) is 53.5 Å². The molecule has 0 unspecified atom stereocenters. The molecule has 1 fully saturated rings. The highest BCUT2D eigenvalue weighted by atomic mass is 16.5. The number of methoxy groups -OCH3 is 3. The summed E-state index contributed by atoms with van der Waals surface area (Å²) in [5.41, 5.74) is 2.74. The third-order valence-corrected chi connectivity index (χ3v) is 5.07. The average molecular weight is 325 g/mol. The summed E-state index contributed by atoms with van der Waals surface area (Å²) in [6, 6.07) is 3.98. The molecule has 1 aliphatic carbocycles. The molecule has 0 amide bonds. The van der Waals surface area contributed by atoms with Crippen LogP contribution >= 0.6 is 0 Å². The van der Waals surface area contributed by atoms with Gasteiger partial charge in [-0.3, -0.25) is 4.79 Å². The Morgan fingerprint density at radius 1 is 1.08 bits per heavy atom. The molecule has 1 atom stereocenters. The zero-order chi connectivity index (χ0) is 16.9. The fraction of sp³-hybridized carbons (Fsp3) is 0.316. The molecule has 0 bridgehead atoms. The van der Waals surface area contributed by atoms with Crippen molar-refractivity contribution in [1.29, 1.82) is 0 Å². The van der Waals surface area contributed by atoms with Gasteiger partial charge in [0.25, 0.3) is 0 Å². The molecule has 1 saturated heterocycles. The van der Waals surface area contributed by atoms with Gasteiger partial charge in [-0.1, -0.05) is 0 Å². The van der Waals surface area contributed by atoms with Crippen LogP contribution in [0, 0.1) is 0 Å². The van der Waals surface area contributed by atoms with Crippen LogP contribution in [0.1, 0.15) is 17.5 Å². The van der Waals surface area contributed by atoms with Crippen molar-refractivity contribution < 1.29 is 19.0 Å². The van der Waals surface area contributed by atoms with Crippen molar-refractivity contribution in [1.82, 2.24) is 4.90 Å². The summed E-state index contributed by atoms with van der Waals surface area (Å²) in [6.07, 6.45) is 8.65. The van der Waals surface area contributed by atoms with Crippen LogP contribution in [0.3, 0.4) is 0 Å². The first-order chi connectivity index (χ1) is 11.6. The number of ether oxygens (including phenoxy) is 3. The molecule has 5 heteroatoms. The number of hydrogen-bond acceptors (Lipinski definition) is 5. The molecule has 24 heavy (non-hydrogen) atoms. The number of carbonyl (C=O) groups is 1. The molecule has 0 saturated carbocycles. The lowest BCUT2D eigenvalue weighted by Crippen LogP contribution is -2.42. The van der Waals surface area contributed by atoms with E-state index in [1.807, 2.05) is 18.2 Å². The quantitative estimate of drug-likeness (QED) is 0.855. The summed E-state index contributed by atoms with van der Waals surface area (Å²) in [4.78, 5) is 14.5. The number of carbonyl (C=O) groups excluding carboxylic acids is 1. The number of hydrogen-bond donors (Lipinski definition) is 0. The van der Waals surface area contributed by atoms with E-state index in [9.17, 15) is 4.79 Å². The minimum atomic E-state index is -0.483. The van der Waals surface area contributed by atoms with E-state index in [1.165, 1.54) is 7.11 Å². The number of rotatable bonds is 3. The summed E-state index contributed by atoms with van der Waals surface area (Å²) >= 11 is 0. The van der Waals surface area contributed by atoms with Crippen LogP contribution < -0.4 is 9.47 Å². The van der Waals surface area contributed by atoms with Crippen molar-refractivity contribution in [2.75, 3.05) is 27.9 Å². The predicted octanol–water partition coefficient (Wildman–Crippen LogP) is 2.63. The van der Waals surface area contributed by atoms with Crippen LogP contribution in [0.5, 0.6) is 11.5 Å². The first-order valence-corrected chi connectivity index (χ1v) is 7.87. The van der Waals surface area contributed by atoms with E-state index in [2.05, 4.69) is 17.2 Å². The fourth-order valence-corrected chi connectivity index (χ4v) is 3.93. The lowest BCUT2D eigenvalue weighted by atomic mass is 9.75. The third kappa shape index (κ3) is 1.78. The van der Waals surface area contributed by atoms with Crippen LogP contribution in [0.2, 0.25) is 0 Å². The standard InChI is InChI=1S/C19H19NO4/c1-22-16-8-12-4-6-20-7-5-13-9-15(21)18(24-3)11-19(13,20)14(12)10-17(16)23-2/h4,6,8-11H,5,7H2,1-3H3/t19-/m0/s1. The number of nitrogens with zero attached hydrogens (tertiary/aromatic N) is 1. The highest BCUT2D eigenvalue weighted by Gasteiger charge is 2.49. The topological polar surface area (TPSA) is 48.0 Å². The van der Waals surface area contributed by atoms with Gasteiger partial charge >= 0.3 is 0 Å². The average Bonchev–Trinajstić information content (AvgIpc) is 2.98. The van der Waals surface area contributed by atoms with E-state index < -0.39 is 5.54 Å². The van der Waals surface area contributed by atoms with Crippen LogP contribution in [0.25, 0.3) is 6.08 Å². The van der Waals surface area contributed by atoms with E-state index in [0.29, 0.717) is 17.3 Å². The molecule has 1 aromatic rings. The predicted molar refractivity (Wildman–Crippen MR) is 89.8 cm³/mol. The lowest BCUT2D eigenvalue weighted by molar-refractivity contribution is -0.114. The van der Waals surface area contributed by atoms with Crippen molar-refractivity contribution in [2.45, 2.75) is 12.0 Å². The first kappa shape index (κ1) is 14.9. The zero-order valence-electron chi connectivity index (χ0n) is 14.0. The van der Waals surface area contributed by atoms with Crippen LogP contribution in [0.15, 0.2) is 41.8 Å². The van der Waals surface area contributed by atoms with Gasteiger partial charge in [-0.2, -0.15) is 0 Å². The Bertz CT molecular complexity index is 821. The second kappa shape index (κ2) is 5.16. The summed E-state index contributed by atoms with van der Waals surface area (Å²) < 4.78 is 16.3. The van der Waals surface area contributed by atoms with Crippen LogP contribution in [-0.2, 0) is 15.1 Å². The number of benzene rings is 1. The largest absolute Gasteiger partial charge is 0.493 e. The van der Waals surface area contributed by atoms with Crippen LogP contribution in [-0.4, -0.2) is 38.6 Å². The molecule has 2 heterocycles. The monoisotopic (exact) mass is 325 g/mol. The second-order valence-corrected chi connectivity index (χ2v) is 6.07. The first-order valence-electron chi connectivity index (χ1n) is 7.87. The molecule has 1 spiro atoms. The molecule has 2 aliphatic heterocycles. The Balaban J connectivity index is 2.00. The second-order valence-electron chi connectivity index (χ2n) is 6.07. The Morgan fingerprint density at radius 3 is 2.54 bits per heavy atom. The van der Waals surface area contributed by atoms with Gasteiger partial charge in [0.2, 0.25) is 5.78 Å². The summed E-state index contributed by atoms with van der Waals surface area (Å²) in [5, 5.41) is 0. The lowest BCUT2D eigenvalue weighted by Gasteiger charge is -2.42. The molecule has 3 aliphatic rings. The molecular weight excluding hydrogens is 306 g/mol. The van der Waals surface area contributed by atoms with Gasteiger partial charge in [-0.25, -0.2) is 0 Å². The van der Waals surface area contributed by atoms with Crippen molar-refractivity contribution in [3.05, 3.63) is 52.9 Å². The van der Waals surface area contributed by atoms with Gasteiger partial charge in [0.05, 0.1) is 21.3 Å². The maximum Gasteiger partial charge on any atom is 0.220 e. The van der Waals surface area contributed by atoms with Gasteiger partial charge < -0.3 is 19.1 Å². The Kier molecular flexibility index (Phi) is 3.20. The van der Waals surface area contributed by atoms with Crippen molar-refractivity contribution in [3.63, 3.8) is 0 Å². The number of ketones is 1. The molecule has 0 radical (unpaired) electrons. The van der Waals surface area contributed by atoms with Crippen molar-refractivity contribution in [2.24, 2.45) is 0 Å². The zero-order valence-corrected chi connectivity index (χ0v) is 14.0. The normalized spacial score (nSPS) is 23.8. The van der Waals surface area contributed by atoms with E-state index >= 15 is 0 Å². The molecular formula is C19H19NO4. The van der Waals surface area contributed by atoms with E-state index in [-0.39, 0.29) is 5.78 Å². The minimum Gasteiger partial charge on any atom is -0.493 e. The van der Waals surface area contributed by atoms with Crippen molar-refractivity contribution in [3.8, 4) is 11.5 Å². The third-order valence-electron chi connectivity index (χ3n) is 5.07. The number of fused-ring (bicyclic) bond motifs is 1.